The van der Waals surface area contributed by atoms with E-state index in [9.17, 15) is 13.2 Å². The maximum Gasteiger partial charge on any atom is 0.260 e. The maximum absolute atomic E-state index is 12.8. The Hall–Kier alpha value is -3.23. The van der Waals surface area contributed by atoms with Gasteiger partial charge in [-0.25, -0.2) is 8.42 Å². The average molecular weight is 542 g/mol. The minimum atomic E-state index is -3.55. The highest BCUT2D eigenvalue weighted by molar-refractivity contribution is 7.92. The van der Waals surface area contributed by atoms with Crippen LogP contribution in [0.1, 0.15) is 16.7 Å². The summed E-state index contributed by atoms with van der Waals surface area (Å²) in [5.41, 5.74) is 4.96. The minimum Gasteiger partial charge on any atom is -0.484 e. The standard InChI is InChI=1S/C28H32ClN3O4S/c1-21-7-6-10-27(22(21)2)30-15-17-31(18-16-30)28(33)20-36-25-13-11-24(12-14-25)32(37(3,34)35)19-23-8-4-5-9-26(23)29/h4-14H,15-20H2,1-3H3. The molecular weight excluding hydrogens is 510 g/mol. The second-order valence-electron chi connectivity index (χ2n) is 9.23. The highest BCUT2D eigenvalue weighted by Gasteiger charge is 2.23. The van der Waals surface area contributed by atoms with Gasteiger partial charge >= 0.3 is 0 Å². The highest BCUT2D eigenvalue weighted by Crippen LogP contribution is 2.27. The van der Waals surface area contributed by atoms with Crippen LogP contribution in [0.4, 0.5) is 11.4 Å². The fraction of sp³-hybridized carbons (Fsp3) is 0.321. The molecule has 196 valence electrons. The van der Waals surface area contributed by atoms with Gasteiger partial charge in [0.2, 0.25) is 10.0 Å². The zero-order valence-electron chi connectivity index (χ0n) is 21.4. The van der Waals surface area contributed by atoms with E-state index in [1.807, 2.05) is 11.0 Å². The van der Waals surface area contributed by atoms with Crippen LogP contribution in [-0.4, -0.2) is 58.3 Å². The summed E-state index contributed by atoms with van der Waals surface area (Å²) in [6.07, 6.45) is 1.16. The van der Waals surface area contributed by atoms with E-state index in [-0.39, 0.29) is 19.1 Å². The van der Waals surface area contributed by atoms with Crippen LogP contribution in [0.3, 0.4) is 0 Å². The van der Waals surface area contributed by atoms with Gasteiger partial charge in [0.25, 0.3) is 5.91 Å². The smallest absolute Gasteiger partial charge is 0.260 e. The Morgan fingerprint density at radius 2 is 1.62 bits per heavy atom. The van der Waals surface area contributed by atoms with Gasteiger partial charge in [0.15, 0.2) is 6.61 Å². The van der Waals surface area contributed by atoms with E-state index >= 15 is 0 Å². The van der Waals surface area contributed by atoms with Crippen molar-refractivity contribution in [2.45, 2.75) is 20.4 Å². The second-order valence-corrected chi connectivity index (χ2v) is 11.5. The molecular formula is C28H32ClN3O4S. The topological polar surface area (TPSA) is 70.2 Å². The molecule has 0 atom stereocenters. The van der Waals surface area contributed by atoms with E-state index in [2.05, 4.69) is 36.9 Å². The number of sulfonamides is 1. The summed E-state index contributed by atoms with van der Waals surface area (Å²) in [6, 6.07) is 20.1. The van der Waals surface area contributed by atoms with Gasteiger partial charge in [-0.15, -0.1) is 0 Å². The first kappa shape index (κ1) is 26.8. The molecule has 0 aromatic heterocycles. The van der Waals surface area contributed by atoms with Crippen LogP contribution in [0.5, 0.6) is 5.75 Å². The van der Waals surface area contributed by atoms with Crippen LogP contribution >= 0.6 is 11.6 Å². The van der Waals surface area contributed by atoms with E-state index in [0.29, 0.717) is 35.1 Å². The number of aryl methyl sites for hydroxylation is 1. The van der Waals surface area contributed by atoms with Crippen molar-refractivity contribution in [2.24, 2.45) is 0 Å². The van der Waals surface area contributed by atoms with Crippen molar-refractivity contribution < 1.29 is 17.9 Å². The Labute approximate surface area is 224 Å². The van der Waals surface area contributed by atoms with Crippen LogP contribution in [-0.2, 0) is 21.4 Å². The lowest BCUT2D eigenvalue weighted by atomic mass is 10.1. The monoisotopic (exact) mass is 541 g/mol. The van der Waals surface area contributed by atoms with Crippen LogP contribution in [0.15, 0.2) is 66.7 Å². The Morgan fingerprint density at radius 1 is 0.946 bits per heavy atom. The molecule has 1 saturated heterocycles. The summed E-state index contributed by atoms with van der Waals surface area (Å²) in [5.74, 6) is 0.429. The van der Waals surface area contributed by atoms with Gasteiger partial charge in [0.1, 0.15) is 5.75 Å². The van der Waals surface area contributed by atoms with Crippen LogP contribution < -0.4 is 13.9 Å². The largest absolute Gasteiger partial charge is 0.484 e. The fourth-order valence-electron chi connectivity index (χ4n) is 4.40. The quantitative estimate of drug-likeness (QED) is 0.415. The summed E-state index contributed by atoms with van der Waals surface area (Å²) in [5, 5.41) is 0.504. The molecule has 0 radical (unpaired) electrons. The van der Waals surface area contributed by atoms with Gasteiger partial charge in [-0.1, -0.05) is 41.9 Å². The molecule has 3 aromatic carbocycles. The number of halogens is 1. The molecule has 7 nitrogen and oxygen atoms in total. The number of hydrogen-bond donors (Lipinski definition) is 0. The first-order valence-corrected chi connectivity index (χ1v) is 14.4. The second kappa shape index (κ2) is 11.4. The van der Waals surface area contributed by atoms with E-state index in [4.69, 9.17) is 16.3 Å². The first-order valence-electron chi connectivity index (χ1n) is 12.2. The van der Waals surface area contributed by atoms with Gasteiger partial charge in [-0.2, -0.15) is 0 Å². The van der Waals surface area contributed by atoms with E-state index in [0.717, 1.165) is 19.3 Å². The summed E-state index contributed by atoms with van der Waals surface area (Å²) in [7, 11) is -3.55. The number of anilines is 2. The summed E-state index contributed by atoms with van der Waals surface area (Å²) in [4.78, 5) is 16.9. The molecule has 0 saturated carbocycles. The lowest BCUT2D eigenvalue weighted by molar-refractivity contribution is -0.133. The molecule has 1 fully saturated rings. The maximum atomic E-state index is 12.8. The van der Waals surface area contributed by atoms with Gasteiger partial charge in [0, 0.05) is 36.9 Å². The van der Waals surface area contributed by atoms with E-state index < -0.39 is 10.0 Å². The summed E-state index contributed by atoms with van der Waals surface area (Å²) < 4.78 is 32.0. The molecule has 0 aliphatic carbocycles. The molecule has 0 spiro atoms. The van der Waals surface area contributed by atoms with Crippen molar-refractivity contribution in [2.75, 3.05) is 48.2 Å². The van der Waals surface area contributed by atoms with Crippen LogP contribution in [0.2, 0.25) is 5.02 Å². The Bertz CT molecular complexity index is 1350. The SMILES string of the molecule is Cc1cccc(N2CCN(C(=O)COc3ccc(N(Cc4ccccc4Cl)S(C)(=O)=O)cc3)CC2)c1C. The third kappa shape index (κ3) is 6.56. The van der Waals surface area contributed by atoms with Gasteiger partial charge < -0.3 is 14.5 Å². The molecule has 1 aliphatic heterocycles. The molecule has 1 amide bonds. The lowest BCUT2D eigenvalue weighted by Gasteiger charge is -2.37. The summed E-state index contributed by atoms with van der Waals surface area (Å²) in [6.45, 7) is 7.12. The minimum absolute atomic E-state index is 0.0684. The summed E-state index contributed by atoms with van der Waals surface area (Å²) >= 11 is 6.24. The molecule has 0 unspecified atom stereocenters. The molecule has 3 aromatic rings. The molecule has 37 heavy (non-hydrogen) atoms. The average Bonchev–Trinajstić information content (AvgIpc) is 2.88. The number of hydrogen-bond acceptors (Lipinski definition) is 5. The van der Waals surface area contributed by atoms with E-state index in [1.54, 1.807) is 42.5 Å². The molecule has 0 bridgehead atoms. The normalized spacial score (nSPS) is 13.9. The molecule has 1 aliphatic rings. The van der Waals surface area contributed by atoms with Crippen molar-refractivity contribution in [1.29, 1.82) is 0 Å². The van der Waals surface area contributed by atoms with Gasteiger partial charge in [0.05, 0.1) is 18.5 Å². The zero-order chi connectivity index (χ0) is 26.6. The van der Waals surface area contributed by atoms with Crippen molar-refractivity contribution in [3.63, 3.8) is 0 Å². The number of rotatable bonds is 8. The Balaban J connectivity index is 1.33. The number of carbonyl (C=O) groups excluding carboxylic acids is 1. The molecule has 0 N–H and O–H groups in total. The fourth-order valence-corrected chi connectivity index (χ4v) is 5.48. The number of ether oxygens (including phenoxy) is 1. The number of amides is 1. The Kier molecular flexibility index (Phi) is 8.29. The Morgan fingerprint density at radius 3 is 2.27 bits per heavy atom. The zero-order valence-corrected chi connectivity index (χ0v) is 22.9. The lowest BCUT2D eigenvalue weighted by Crippen LogP contribution is -2.50. The predicted molar refractivity (Wildman–Crippen MR) is 149 cm³/mol. The number of piperazine rings is 1. The van der Waals surface area contributed by atoms with Gasteiger partial charge in [-0.05, 0) is 66.9 Å². The number of benzene rings is 3. The van der Waals surface area contributed by atoms with Crippen LogP contribution in [0, 0.1) is 13.8 Å². The number of carbonyl (C=O) groups is 1. The molecule has 4 rings (SSSR count). The first-order chi connectivity index (χ1) is 17.6. The van der Waals surface area contributed by atoms with Gasteiger partial charge in [-0.3, -0.25) is 9.10 Å². The number of nitrogens with zero attached hydrogens (tertiary/aromatic N) is 3. The van der Waals surface area contributed by atoms with Crippen molar-refractivity contribution in [3.05, 3.63) is 88.4 Å². The predicted octanol–water partition coefficient (Wildman–Crippen LogP) is 4.65. The van der Waals surface area contributed by atoms with E-state index in [1.165, 1.54) is 21.1 Å². The van der Waals surface area contributed by atoms with Crippen molar-refractivity contribution >= 4 is 38.9 Å². The van der Waals surface area contributed by atoms with Crippen molar-refractivity contribution in [1.82, 2.24) is 4.90 Å². The third-order valence-corrected chi connectivity index (χ3v) is 8.22. The molecule has 9 heteroatoms. The van der Waals surface area contributed by atoms with Crippen LogP contribution in [0.25, 0.3) is 0 Å². The third-order valence-electron chi connectivity index (χ3n) is 6.71. The van der Waals surface area contributed by atoms with Crippen molar-refractivity contribution in [3.8, 4) is 5.75 Å². The highest BCUT2D eigenvalue weighted by atomic mass is 35.5. The molecule has 1 heterocycles.